The van der Waals surface area contributed by atoms with Crippen molar-refractivity contribution in [1.29, 1.82) is 0 Å². The molecule has 0 aliphatic heterocycles. The fourth-order valence-electron chi connectivity index (χ4n) is 2.40. The predicted molar refractivity (Wildman–Crippen MR) is 82.8 cm³/mol. The highest BCUT2D eigenvalue weighted by molar-refractivity contribution is 5.87. The van der Waals surface area contributed by atoms with Crippen molar-refractivity contribution in [3.05, 3.63) is 29.5 Å². The molecule has 0 saturated heterocycles. The summed E-state index contributed by atoms with van der Waals surface area (Å²) in [4.78, 5) is 11.1. The summed E-state index contributed by atoms with van der Waals surface area (Å²) in [6, 6.07) is 5.32. The first-order chi connectivity index (χ1) is 10.4. The van der Waals surface area contributed by atoms with Gasteiger partial charge in [-0.1, -0.05) is 13.8 Å². The molecule has 0 radical (unpaired) electrons. The SMILES string of the molecule is COc1cc(OC)c(C(C)C)cc1-c1cc(C(=O)O)nn1C. The summed E-state index contributed by atoms with van der Waals surface area (Å²) in [5.74, 6) is 0.558. The van der Waals surface area contributed by atoms with E-state index in [1.807, 2.05) is 12.1 Å². The maximum absolute atomic E-state index is 11.1. The third-order valence-electron chi connectivity index (χ3n) is 3.55. The van der Waals surface area contributed by atoms with E-state index < -0.39 is 5.97 Å². The second-order valence-corrected chi connectivity index (χ2v) is 5.29. The van der Waals surface area contributed by atoms with Gasteiger partial charge in [-0.05, 0) is 23.6 Å². The fourth-order valence-corrected chi connectivity index (χ4v) is 2.40. The summed E-state index contributed by atoms with van der Waals surface area (Å²) in [5.41, 5.74) is 2.49. The second kappa shape index (κ2) is 6.09. The zero-order chi connectivity index (χ0) is 16.4. The van der Waals surface area contributed by atoms with Crippen molar-refractivity contribution in [3.63, 3.8) is 0 Å². The van der Waals surface area contributed by atoms with Crippen molar-refractivity contribution in [3.8, 4) is 22.8 Å². The minimum absolute atomic E-state index is 0.00136. The lowest BCUT2D eigenvalue weighted by atomic mass is 9.97. The number of carbonyl (C=O) groups is 1. The fraction of sp³-hybridized carbons (Fsp3) is 0.375. The molecule has 0 aliphatic rings. The Morgan fingerprint density at radius 3 is 2.27 bits per heavy atom. The van der Waals surface area contributed by atoms with Crippen LogP contribution in [0.1, 0.15) is 35.8 Å². The number of ether oxygens (including phenoxy) is 2. The summed E-state index contributed by atoms with van der Waals surface area (Å²) in [6.45, 7) is 4.14. The monoisotopic (exact) mass is 304 g/mol. The summed E-state index contributed by atoms with van der Waals surface area (Å²) in [6.07, 6.45) is 0. The van der Waals surface area contributed by atoms with Gasteiger partial charge in [0.25, 0.3) is 0 Å². The number of carboxylic acid groups (broad SMARTS) is 1. The lowest BCUT2D eigenvalue weighted by molar-refractivity contribution is 0.0689. The van der Waals surface area contributed by atoms with E-state index in [0.717, 1.165) is 16.9 Å². The molecule has 6 nitrogen and oxygen atoms in total. The van der Waals surface area contributed by atoms with Gasteiger partial charge in [-0.2, -0.15) is 5.10 Å². The van der Waals surface area contributed by atoms with Crippen LogP contribution in [0.4, 0.5) is 0 Å². The number of nitrogens with zero attached hydrogens (tertiary/aromatic N) is 2. The van der Waals surface area contributed by atoms with Crippen molar-refractivity contribution >= 4 is 5.97 Å². The molecule has 0 spiro atoms. The number of hydrogen-bond donors (Lipinski definition) is 1. The van der Waals surface area contributed by atoms with Crippen LogP contribution in [0.15, 0.2) is 18.2 Å². The summed E-state index contributed by atoms with van der Waals surface area (Å²) in [5, 5.41) is 13.1. The number of hydrogen-bond acceptors (Lipinski definition) is 4. The molecular formula is C16H20N2O4. The molecule has 2 rings (SSSR count). The van der Waals surface area contributed by atoms with Gasteiger partial charge in [0.05, 0.1) is 19.9 Å². The predicted octanol–water partition coefficient (Wildman–Crippen LogP) is 2.93. The summed E-state index contributed by atoms with van der Waals surface area (Å²) < 4.78 is 12.4. The van der Waals surface area contributed by atoms with Crippen LogP contribution >= 0.6 is 0 Å². The van der Waals surface area contributed by atoms with Gasteiger partial charge >= 0.3 is 5.97 Å². The second-order valence-electron chi connectivity index (χ2n) is 5.29. The lowest BCUT2D eigenvalue weighted by Gasteiger charge is -2.17. The molecule has 1 aromatic carbocycles. The number of rotatable bonds is 5. The van der Waals surface area contributed by atoms with Crippen LogP contribution in [-0.4, -0.2) is 35.1 Å². The zero-order valence-corrected chi connectivity index (χ0v) is 13.4. The Morgan fingerprint density at radius 2 is 1.82 bits per heavy atom. The Kier molecular flexibility index (Phi) is 4.40. The van der Waals surface area contributed by atoms with E-state index in [9.17, 15) is 4.79 Å². The van der Waals surface area contributed by atoms with E-state index in [1.165, 1.54) is 10.7 Å². The van der Waals surface area contributed by atoms with Crippen LogP contribution in [0.5, 0.6) is 11.5 Å². The number of aryl methyl sites for hydroxylation is 1. The van der Waals surface area contributed by atoms with Crippen LogP contribution in [0.2, 0.25) is 0 Å². The average Bonchev–Trinajstić information content (AvgIpc) is 2.87. The van der Waals surface area contributed by atoms with E-state index in [1.54, 1.807) is 21.3 Å². The number of benzene rings is 1. The first-order valence-electron chi connectivity index (χ1n) is 6.92. The largest absolute Gasteiger partial charge is 0.496 e. The molecule has 1 aromatic heterocycles. The normalized spacial score (nSPS) is 10.8. The molecule has 0 saturated carbocycles. The maximum Gasteiger partial charge on any atom is 0.356 e. The highest BCUT2D eigenvalue weighted by Crippen LogP contribution is 2.38. The van der Waals surface area contributed by atoms with Gasteiger partial charge in [-0.15, -0.1) is 0 Å². The van der Waals surface area contributed by atoms with Crippen LogP contribution in [0.25, 0.3) is 11.3 Å². The van der Waals surface area contributed by atoms with Gasteiger partial charge in [-0.25, -0.2) is 4.79 Å². The lowest BCUT2D eigenvalue weighted by Crippen LogP contribution is -2.01. The first kappa shape index (κ1) is 15.9. The first-order valence-corrected chi connectivity index (χ1v) is 6.92. The molecule has 0 amide bonds. The molecule has 0 atom stereocenters. The maximum atomic E-state index is 11.1. The Bertz CT molecular complexity index is 704. The number of carboxylic acids is 1. The number of aromatic carboxylic acids is 1. The Balaban J connectivity index is 2.68. The van der Waals surface area contributed by atoms with Gasteiger partial charge in [-0.3, -0.25) is 4.68 Å². The Morgan fingerprint density at radius 1 is 1.18 bits per heavy atom. The molecule has 1 heterocycles. The number of methoxy groups -OCH3 is 2. The molecule has 0 fully saturated rings. The molecule has 6 heteroatoms. The molecule has 22 heavy (non-hydrogen) atoms. The van der Waals surface area contributed by atoms with Gasteiger partial charge in [0.2, 0.25) is 0 Å². The number of aromatic nitrogens is 2. The molecular weight excluding hydrogens is 284 g/mol. The highest BCUT2D eigenvalue weighted by Gasteiger charge is 2.19. The van der Waals surface area contributed by atoms with Crippen molar-refractivity contribution in [2.75, 3.05) is 14.2 Å². The summed E-state index contributed by atoms with van der Waals surface area (Å²) >= 11 is 0. The van der Waals surface area contributed by atoms with Crippen LogP contribution in [0, 0.1) is 0 Å². The Hall–Kier alpha value is -2.50. The minimum Gasteiger partial charge on any atom is -0.496 e. The molecule has 0 bridgehead atoms. The highest BCUT2D eigenvalue weighted by atomic mass is 16.5. The zero-order valence-electron chi connectivity index (χ0n) is 13.4. The average molecular weight is 304 g/mol. The molecule has 0 aliphatic carbocycles. The quantitative estimate of drug-likeness (QED) is 0.919. The van der Waals surface area contributed by atoms with Crippen molar-refractivity contribution in [1.82, 2.24) is 9.78 Å². The molecule has 118 valence electrons. The van der Waals surface area contributed by atoms with E-state index in [-0.39, 0.29) is 11.6 Å². The van der Waals surface area contributed by atoms with Crippen molar-refractivity contribution in [2.24, 2.45) is 7.05 Å². The van der Waals surface area contributed by atoms with E-state index in [0.29, 0.717) is 11.4 Å². The molecule has 2 aromatic rings. The van der Waals surface area contributed by atoms with Gasteiger partial charge in [0.1, 0.15) is 11.5 Å². The Labute approximate surface area is 129 Å². The van der Waals surface area contributed by atoms with Crippen LogP contribution in [-0.2, 0) is 7.05 Å². The van der Waals surface area contributed by atoms with Crippen molar-refractivity contribution < 1.29 is 19.4 Å². The van der Waals surface area contributed by atoms with E-state index in [2.05, 4.69) is 18.9 Å². The third kappa shape index (κ3) is 2.77. The van der Waals surface area contributed by atoms with Gasteiger partial charge in [0.15, 0.2) is 5.69 Å². The molecule has 0 unspecified atom stereocenters. The van der Waals surface area contributed by atoms with E-state index >= 15 is 0 Å². The van der Waals surface area contributed by atoms with Crippen LogP contribution < -0.4 is 9.47 Å². The smallest absolute Gasteiger partial charge is 0.356 e. The topological polar surface area (TPSA) is 73.6 Å². The molecule has 1 N–H and O–H groups in total. The van der Waals surface area contributed by atoms with Gasteiger partial charge < -0.3 is 14.6 Å². The van der Waals surface area contributed by atoms with Gasteiger partial charge in [0, 0.05) is 18.7 Å². The third-order valence-corrected chi connectivity index (χ3v) is 3.55. The minimum atomic E-state index is -1.06. The van der Waals surface area contributed by atoms with Crippen LogP contribution in [0.3, 0.4) is 0 Å². The van der Waals surface area contributed by atoms with Crippen molar-refractivity contribution in [2.45, 2.75) is 19.8 Å². The summed E-state index contributed by atoms with van der Waals surface area (Å²) in [7, 11) is 4.90. The standard InChI is InChI=1S/C16H20N2O4/c1-9(2)10-6-11(15(22-5)8-14(10)21-4)13-7-12(16(19)20)17-18(13)3/h6-9H,1-5H3,(H,19,20). The van der Waals surface area contributed by atoms with E-state index in [4.69, 9.17) is 14.6 Å².